The van der Waals surface area contributed by atoms with Gasteiger partial charge in [0.2, 0.25) is 5.91 Å². The molecule has 2 heterocycles. The van der Waals surface area contributed by atoms with Crippen molar-refractivity contribution < 1.29 is 18.7 Å². The number of hydrogen-bond donors (Lipinski definition) is 1. The highest BCUT2D eigenvalue weighted by molar-refractivity contribution is 5.97. The quantitative estimate of drug-likeness (QED) is 0.680. The fraction of sp³-hybridized carbons (Fsp3) is 0.304. The number of rotatable bonds is 6. The first-order chi connectivity index (χ1) is 14.6. The molecule has 3 aromatic rings. The van der Waals surface area contributed by atoms with E-state index in [4.69, 9.17) is 9.15 Å². The van der Waals surface area contributed by atoms with E-state index in [1.54, 1.807) is 18.1 Å². The highest BCUT2D eigenvalue weighted by Crippen LogP contribution is 2.29. The highest BCUT2D eigenvalue weighted by Gasteiger charge is 2.25. The van der Waals surface area contributed by atoms with Crippen molar-refractivity contribution in [1.29, 1.82) is 0 Å². The third-order valence-corrected chi connectivity index (χ3v) is 5.30. The van der Waals surface area contributed by atoms with Crippen LogP contribution in [0.15, 0.2) is 59.0 Å². The molecule has 1 fully saturated rings. The lowest BCUT2D eigenvalue weighted by atomic mass is 10.2. The Morgan fingerprint density at radius 3 is 2.53 bits per heavy atom. The van der Waals surface area contributed by atoms with Crippen LogP contribution in [-0.4, -0.2) is 61.4 Å². The number of nitrogens with one attached hydrogen (secondary N) is 1. The fourth-order valence-corrected chi connectivity index (χ4v) is 3.62. The van der Waals surface area contributed by atoms with Gasteiger partial charge in [-0.2, -0.15) is 0 Å². The van der Waals surface area contributed by atoms with Crippen LogP contribution < -0.4 is 10.1 Å². The van der Waals surface area contributed by atoms with Crippen LogP contribution in [0.2, 0.25) is 0 Å². The minimum absolute atomic E-state index is 0.0111. The maximum absolute atomic E-state index is 12.9. The fourth-order valence-electron chi connectivity index (χ4n) is 3.62. The molecule has 1 N–H and O–H groups in total. The lowest BCUT2D eigenvalue weighted by Crippen LogP contribution is -2.51. The number of piperazine rings is 1. The van der Waals surface area contributed by atoms with Crippen molar-refractivity contribution in [2.24, 2.45) is 0 Å². The van der Waals surface area contributed by atoms with Crippen molar-refractivity contribution in [3.05, 3.63) is 65.9 Å². The van der Waals surface area contributed by atoms with Crippen molar-refractivity contribution in [2.45, 2.75) is 6.54 Å². The van der Waals surface area contributed by atoms with E-state index in [1.165, 1.54) is 0 Å². The van der Waals surface area contributed by atoms with Gasteiger partial charge in [0.25, 0.3) is 5.91 Å². The topological polar surface area (TPSA) is 75.0 Å². The van der Waals surface area contributed by atoms with Crippen LogP contribution in [-0.2, 0) is 11.3 Å². The zero-order valence-electron chi connectivity index (χ0n) is 17.0. The van der Waals surface area contributed by atoms with Gasteiger partial charge in [-0.1, -0.05) is 42.5 Å². The van der Waals surface area contributed by atoms with E-state index < -0.39 is 0 Å². The molecule has 7 heteroatoms. The molecule has 1 aliphatic heterocycles. The van der Waals surface area contributed by atoms with Gasteiger partial charge in [-0.3, -0.25) is 14.5 Å². The number of fused-ring (bicyclic) bond motifs is 1. The molecule has 0 atom stereocenters. The minimum atomic E-state index is -0.138. The molecule has 2 amide bonds. The molecule has 0 saturated carbocycles. The molecule has 30 heavy (non-hydrogen) atoms. The summed E-state index contributed by atoms with van der Waals surface area (Å²) in [7, 11) is 1.58. The molecule has 4 rings (SSSR count). The molecule has 156 valence electrons. The number of amides is 2. The Bertz CT molecular complexity index is 1020. The van der Waals surface area contributed by atoms with Crippen LogP contribution in [0.3, 0.4) is 0 Å². The Labute approximate surface area is 175 Å². The number of ether oxygens (including phenoxy) is 1. The van der Waals surface area contributed by atoms with E-state index in [1.807, 2.05) is 48.5 Å². The molecular formula is C23H25N3O4. The average molecular weight is 407 g/mol. The van der Waals surface area contributed by atoms with Crippen LogP contribution in [0, 0.1) is 0 Å². The summed E-state index contributed by atoms with van der Waals surface area (Å²) in [5, 5.41) is 3.78. The number of benzene rings is 2. The Morgan fingerprint density at radius 2 is 1.80 bits per heavy atom. The monoisotopic (exact) mass is 407 g/mol. The molecule has 0 unspecified atom stereocenters. The first-order valence-electron chi connectivity index (χ1n) is 10.0. The van der Waals surface area contributed by atoms with Gasteiger partial charge in [-0.15, -0.1) is 0 Å². The predicted octanol–water partition coefficient (Wildman–Crippen LogP) is 2.52. The smallest absolute Gasteiger partial charge is 0.289 e. The summed E-state index contributed by atoms with van der Waals surface area (Å²) in [5.74, 6) is 0.769. The summed E-state index contributed by atoms with van der Waals surface area (Å²) in [6.07, 6.45) is 0. The number of carbonyl (C=O) groups is 2. The third-order valence-electron chi connectivity index (χ3n) is 5.30. The third kappa shape index (κ3) is 4.46. The Kier molecular flexibility index (Phi) is 5.99. The van der Waals surface area contributed by atoms with Gasteiger partial charge in [0, 0.05) is 38.1 Å². The van der Waals surface area contributed by atoms with Crippen molar-refractivity contribution in [1.82, 2.24) is 15.1 Å². The van der Waals surface area contributed by atoms with Crippen molar-refractivity contribution in [3.8, 4) is 5.75 Å². The van der Waals surface area contributed by atoms with E-state index in [9.17, 15) is 9.59 Å². The maximum atomic E-state index is 12.9. The molecule has 7 nitrogen and oxygen atoms in total. The Balaban J connectivity index is 1.29. The standard InChI is InChI=1S/C23H25N3O4/c1-29-19-9-5-8-18-14-20(30-22(18)19)23(28)26-12-10-25(11-13-26)16-21(27)24-15-17-6-3-2-4-7-17/h2-9,14H,10-13,15-16H2,1H3,(H,24,27). The number of carbonyl (C=O) groups excluding carboxylic acids is 2. The summed E-state index contributed by atoms with van der Waals surface area (Å²) in [6, 6.07) is 17.2. The normalized spacial score (nSPS) is 14.6. The van der Waals surface area contributed by atoms with Crippen LogP contribution in [0.25, 0.3) is 11.0 Å². The van der Waals surface area contributed by atoms with Crippen molar-refractivity contribution in [3.63, 3.8) is 0 Å². The van der Waals surface area contributed by atoms with Gasteiger partial charge in [0.05, 0.1) is 13.7 Å². The number of nitrogens with zero attached hydrogens (tertiary/aromatic N) is 2. The molecule has 0 radical (unpaired) electrons. The minimum Gasteiger partial charge on any atom is -0.493 e. The predicted molar refractivity (Wildman–Crippen MR) is 113 cm³/mol. The summed E-state index contributed by atoms with van der Waals surface area (Å²) in [6.45, 7) is 3.25. The zero-order chi connectivity index (χ0) is 20.9. The number of methoxy groups -OCH3 is 1. The first kappa shape index (κ1) is 20.0. The molecule has 0 spiro atoms. The van der Waals surface area contributed by atoms with Gasteiger partial charge in [-0.05, 0) is 17.7 Å². The number of para-hydroxylation sites is 1. The summed E-state index contributed by atoms with van der Waals surface area (Å²) in [5.41, 5.74) is 1.65. The second-order valence-corrected chi connectivity index (χ2v) is 7.32. The summed E-state index contributed by atoms with van der Waals surface area (Å²) < 4.78 is 11.1. The van der Waals surface area contributed by atoms with E-state index >= 15 is 0 Å². The highest BCUT2D eigenvalue weighted by atomic mass is 16.5. The molecule has 1 aliphatic rings. The van der Waals surface area contributed by atoms with Crippen LogP contribution >= 0.6 is 0 Å². The molecule has 2 aromatic carbocycles. The van der Waals surface area contributed by atoms with E-state index in [0.29, 0.717) is 56.4 Å². The Hall–Kier alpha value is -3.32. The van der Waals surface area contributed by atoms with Gasteiger partial charge >= 0.3 is 0 Å². The molecule has 0 aliphatic carbocycles. The molecule has 0 bridgehead atoms. The van der Waals surface area contributed by atoms with Crippen molar-refractivity contribution in [2.75, 3.05) is 39.8 Å². The van der Waals surface area contributed by atoms with Gasteiger partial charge in [-0.25, -0.2) is 0 Å². The average Bonchev–Trinajstić information content (AvgIpc) is 3.23. The summed E-state index contributed by atoms with van der Waals surface area (Å²) >= 11 is 0. The van der Waals surface area contributed by atoms with Gasteiger partial charge in [0.1, 0.15) is 0 Å². The van der Waals surface area contributed by atoms with Crippen LogP contribution in [0.5, 0.6) is 5.75 Å². The van der Waals surface area contributed by atoms with E-state index in [0.717, 1.165) is 10.9 Å². The van der Waals surface area contributed by atoms with Gasteiger partial charge < -0.3 is 19.4 Å². The molecule has 1 saturated heterocycles. The maximum Gasteiger partial charge on any atom is 0.289 e. The second kappa shape index (κ2) is 9.00. The second-order valence-electron chi connectivity index (χ2n) is 7.32. The number of hydrogen-bond acceptors (Lipinski definition) is 5. The lowest BCUT2D eigenvalue weighted by molar-refractivity contribution is -0.122. The van der Waals surface area contributed by atoms with Crippen LogP contribution in [0.4, 0.5) is 0 Å². The SMILES string of the molecule is COc1cccc2cc(C(=O)N3CCN(CC(=O)NCc4ccccc4)CC3)oc12. The lowest BCUT2D eigenvalue weighted by Gasteiger charge is -2.33. The van der Waals surface area contributed by atoms with Crippen molar-refractivity contribution >= 4 is 22.8 Å². The zero-order valence-corrected chi connectivity index (χ0v) is 17.0. The van der Waals surface area contributed by atoms with E-state index in [-0.39, 0.29) is 11.8 Å². The van der Waals surface area contributed by atoms with Crippen LogP contribution in [0.1, 0.15) is 16.1 Å². The summed E-state index contributed by atoms with van der Waals surface area (Å²) in [4.78, 5) is 28.9. The molecular weight excluding hydrogens is 382 g/mol. The first-order valence-corrected chi connectivity index (χ1v) is 10.0. The largest absolute Gasteiger partial charge is 0.493 e. The Morgan fingerprint density at radius 1 is 1.03 bits per heavy atom. The van der Waals surface area contributed by atoms with Gasteiger partial charge in [0.15, 0.2) is 17.1 Å². The number of furan rings is 1. The molecule has 1 aromatic heterocycles. The van der Waals surface area contributed by atoms with E-state index in [2.05, 4.69) is 10.2 Å².